The van der Waals surface area contributed by atoms with E-state index in [1.807, 2.05) is 23.1 Å². The maximum atomic E-state index is 12.7. The van der Waals surface area contributed by atoms with Gasteiger partial charge in [0, 0.05) is 30.3 Å². The van der Waals surface area contributed by atoms with Crippen LogP contribution in [-0.2, 0) is 16.0 Å². The standard InChI is InChI=1S/C19H26N2O2/c1-2-3-8-18(22)20-16-10-9-14-11-12-21(17(14)13-16)19(23)15-6-4-5-7-15/h9-10,13,15H,2-8,11-12H2,1H3,(H,20,22). The fourth-order valence-corrected chi connectivity index (χ4v) is 3.64. The van der Waals surface area contributed by atoms with E-state index >= 15 is 0 Å². The Morgan fingerprint density at radius 3 is 2.78 bits per heavy atom. The molecule has 0 spiro atoms. The summed E-state index contributed by atoms with van der Waals surface area (Å²) >= 11 is 0. The molecule has 2 aliphatic rings. The van der Waals surface area contributed by atoms with Gasteiger partial charge in [-0.3, -0.25) is 9.59 Å². The molecule has 0 unspecified atom stereocenters. The van der Waals surface area contributed by atoms with Crippen LogP contribution in [-0.4, -0.2) is 18.4 Å². The van der Waals surface area contributed by atoms with Crippen LogP contribution in [0.2, 0.25) is 0 Å². The summed E-state index contributed by atoms with van der Waals surface area (Å²) < 4.78 is 0. The zero-order valence-corrected chi connectivity index (χ0v) is 13.9. The quantitative estimate of drug-likeness (QED) is 0.896. The molecule has 23 heavy (non-hydrogen) atoms. The van der Waals surface area contributed by atoms with E-state index in [4.69, 9.17) is 0 Å². The predicted octanol–water partition coefficient (Wildman–Crippen LogP) is 3.89. The van der Waals surface area contributed by atoms with Gasteiger partial charge < -0.3 is 10.2 Å². The lowest BCUT2D eigenvalue weighted by molar-refractivity contribution is -0.122. The lowest BCUT2D eigenvalue weighted by atomic mass is 10.1. The summed E-state index contributed by atoms with van der Waals surface area (Å²) in [5, 5.41) is 2.96. The van der Waals surface area contributed by atoms with Crippen LogP contribution in [0.15, 0.2) is 18.2 Å². The molecule has 1 heterocycles. The largest absolute Gasteiger partial charge is 0.326 e. The van der Waals surface area contributed by atoms with Gasteiger partial charge in [0.2, 0.25) is 11.8 Å². The van der Waals surface area contributed by atoms with Crippen LogP contribution in [0.4, 0.5) is 11.4 Å². The summed E-state index contributed by atoms with van der Waals surface area (Å²) in [6.45, 7) is 2.85. The first-order valence-corrected chi connectivity index (χ1v) is 8.93. The minimum absolute atomic E-state index is 0.0541. The minimum atomic E-state index is 0.0541. The molecule has 0 bridgehead atoms. The van der Waals surface area contributed by atoms with Crippen LogP contribution in [0, 0.1) is 5.92 Å². The average Bonchev–Trinajstić information content (AvgIpc) is 3.21. The van der Waals surface area contributed by atoms with Crippen molar-refractivity contribution in [1.82, 2.24) is 0 Å². The van der Waals surface area contributed by atoms with E-state index in [0.717, 1.165) is 50.0 Å². The van der Waals surface area contributed by atoms with Gasteiger partial charge in [-0.15, -0.1) is 0 Å². The number of anilines is 2. The van der Waals surface area contributed by atoms with Crippen molar-refractivity contribution in [2.75, 3.05) is 16.8 Å². The molecular formula is C19H26N2O2. The first-order chi connectivity index (χ1) is 11.2. The highest BCUT2D eigenvalue weighted by atomic mass is 16.2. The molecule has 124 valence electrons. The third-order valence-electron chi connectivity index (χ3n) is 4.99. The third kappa shape index (κ3) is 3.57. The monoisotopic (exact) mass is 314 g/mol. The molecule has 1 saturated carbocycles. The summed E-state index contributed by atoms with van der Waals surface area (Å²) in [4.78, 5) is 26.6. The molecule has 4 nitrogen and oxygen atoms in total. The summed E-state index contributed by atoms with van der Waals surface area (Å²) in [6, 6.07) is 5.97. The Balaban J connectivity index is 1.72. The van der Waals surface area contributed by atoms with Crippen molar-refractivity contribution in [2.45, 2.75) is 58.3 Å². The van der Waals surface area contributed by atoms with Gasteiger partial charge in [0.15, 0.2) is 0 Å². The van der Waals surface area contributed by atoms with Crippen molar-refractivity contribution in [3.8, 4) is 0 Å². The smallest absolute Gasteiger partial charge is 0.230 e. The zero-order valence-electron chi connectivity index (χ0n) is 13.9. The van der Waals surface area contributed by atoms with E-state index in [1.165, 1.54) is 18.4 Å². The molecule has 1 aromatic carbocycles. The molecule has 4 heteroatoms. The third-order valence-corrected chi connectivity index (χ3v) is 4.99. The lowest BCUT2D eigenvalue weighted by Crippen LogP contribution is -2.33. The van der Waals surface area contributed by atoms with Crippen LogP contribution in [0.3, 0.4) is 0 Å². The van der Waals surface area contributed by atoms with Crippen molar-refractivity contribution in [1.29, 1.82) is 0 Å². The number of carbonyl (C=O) groups is 2. The molecule has 1 aromatic rings. The van der Waals surface area contributed by atoms with Gasteiger partial charge >= 0.3 is 0 Å². The predicted molar refractivity (Wildman–Crippen MR) is 92.6 cm³/mol. The van der Waals surface area contributed by atoms with Gasteiger partial charge in [0.1, 0.15) is 0 Å². The summed E-state index contributed by atoms with van der Waals surface area (Å²) in [5.41, 5.74) is 3.01. The highest BCUT2D eigenvalue weighted by Crippen LogP contribution is 2.35. The summed E-state index contributed by atoms with van der Waals surface area (Å²) in [5.74, 6) is 0.526. The van der Waals surface area contributed by atoms with Crippen LogP contribution in [0.1, 0.15) is 57.4 Å². The van der Waals surface area contributed by atoms with Gasteiger partial charge in [0.05, 0.1) is 0 Å². The number of hydrogen-bond acceptors (Lipinski definition) is 2. The summed E-state index contributed by atoms with van der Waals surface area (Å²) in [7, 11) is 0. The molecule has 2 amide bonds. The van der Waals surface area contributed by atoms with Gasteiger partial charge in [-0.2, -0.15) is 0 Å². The number of amides is 2. The maximum Gasteiger partial charge on any atom is 0.230 e. The van der Waals surface area contributed by atoms with Crippen LogP contribution in [0.5, 0.6) is 0 Å². The molecule has 3 rings (SSSR count). The zero-order chi connectivity index (χ0) is 16.2. The summed E-state index contributed by atoms with van der Waals surface area (Å²) in [6.07, 6.45) is 7.78. The van der Waals surface area contributed by atoms with Crippen molar-refractivity contribution in [3.05, 3.63) is 23.8 Å². The van der Waals surface area contributed by atoms with Crippen LogP contribution >= 0.6 is 0 Å². The fraction of sp³-hybridized carbons (Fsp3) is 0.579. The van der Waals surface area contributed by atoms with Crippen molar-refractivity contribution in [2.24, 2.45) is 5.92 Å². The fourth-order valence-electron chi connectivity index (χ4n) is 3.64. The lowest BCUT2D eigenvalue weighted by Gasteiger charge is -2.21. The van der Waals surface area contributed by atoms with E-state index in [1.54, 1.807) is 0 Å². The Kier molecular flexibility index (Phi) is 4.99. The number of carbonyl (C=O) groups excluding carboxylic acids is 2. The van der Waals surface area contributed by atoms with Crippen LogP contribution < -0.4 is 10.2 Å². The first-order valence-electron chi connectivity index (χ1n) is 8.93. The second-order valence-corrected chi connectivity index (χ2v) is 6.72. The molecular weight excluding hydrogens is 288 g/mol. The topological polar surface area (TPSA) is 49.4 Å². The second kappa shape index (κ2) is 7.16. The van der Waals surface area contributed by atoms with Crippen molar-refractivity contribution in [3.63, 3.8) is 0 Å². The Hall–Kier alpha value is -1.84. The number of unbranched alkanes of at least 4 members (excludes halogenated alkanes) is 1. The van der Waals surface area contributed by atoms with Crippen molar-refractivity contribution >= 4 is 23.2 Å². The number of fused-ring (bicyclic) bond motifs is 1. The van der Waals surface area contributed by atoms with Gasteiger partial charge in [-0.05, 0) is 43.4 Å². The molecule has 1 aliphatic carbocycles. The number of benzene rings is 1. The van der Waals surface area contributed by atoms with E-state index in [9.17, 15) is 9.59 Å². The van der Waals surface area contributed by atoms with E-state index in [-0.39, 0.29) is 17.7 Å². The Morgan fingerprint density at radius 2 is 2.04 bits per heavy atom. The molecule has 0 radical (unpaired) electrons. The van der Waals surface area contributed by atoms with Gasteiger partial charge in [-0.1, -0.05) is 32.3 Å². The maximum absolute atomic E-state index is 12.7. The first kappa shape index (κ1) is 16.0. The van der Waals surface area contributed by atoms with E-state index in [0.29, 0.717) is 6.42 Å². The molecule has 0 saturated heterocycles. The Labute approximate surface area is 138 Å². The van der Waals surface area contributed by atoms with Gasteiger partial charge in [-0.25, -0.2) is 0 Å². The number of nitrogens with zero attached hydrogens (tertiary/aromatic N) is 1. The average molecular weight is 314 g/mol. The number of rotatable bonds is 5. The van der Waals surface area contributed by atoms with E-state index < -0.39 is 0 Å². The second-order valence-electron chi connectivity index (χ2n) is 6.72. The molecule has 1 fully saturated rings. The number of hydrogen-bond donors (Lipinski definition) is 1. The highest BCUT2D eigenvalue weighted by molar-refractivity contribution is 5.98. The van der Waals surface area contributed by atoms with Crippen molar-refractivity contribution < 1.29 is 9.59 Å². The molecule has 1 aliphatic heterocycles. The minimum Gasteiger partial charge on any atom is -0.326 e. The molecule has 0 atom stereocenters. The highest BCUT2D eigenvalue weighted by Gasteiger charge is 2.31. The Bertz CT molecular complexity index is 591. The Morgan fingerprint density at radius 1 is 1.26 bits per heavy atom. The molecule has 1 N–H and O–H groups in total. The van der Waals surface area contributed by atoms with Crippen LogP contribution in [0.25, 0.3) is 0 Å². The normalized spacial score (nSPS) is 17.3. The molecule has 0 aromatic heterocycles. The van der Waals surface area contributed by atoms with Gasteiger partial charge in [0.25, 0.3) is 0 Å². The van der Waals surface area contributed by atoms with E-state index in [2.05, 4.69) is 12.2 Å². The SMILES string of the molecule is CCCCC(=O)Nc1ccc2c(c1)N(C(=O)C1CCCC1)CC2. The number of nitrogens with one attached hydrogen (secondary N) is 1.